The van der Waals surface area contributed by atoms with Gasteiger partial charge in [0, 0.05) is 32.4 Å². The van der Waals surface area contributed by atoms with Crippen molar-refractivity contribution in [2.45, 2.75) is 6.92 Å². The number of hydrogen-bond donors (Lipinski definition) is 2. The third-order valence-corrected chi connectivity index (χ3v) is 4.07. The van der Waals surface area contributed by atoms with E-state index in [0.29, 0.717) is 32.0 Å². The minimum atomic E-state index is -0.617. The van der Waals surface area contributed by atoms with Crippen molar-refractivity contribution in [1.82, 2.24) is 19.6 Å². The van der Waals surface area contributed by atoms with Gasteiger partial charge in [-0.05, 0) is 18.6 Å². The Hall–Kier alpha value is -2.45. The molecule has 0 aliphatic carbocycles. The summed E-state index contributed by atoms with van der Waals surface area (Å²) < 4.78 is 6.53. The molecule has 3 heterocycles. The van der Waals surface area contributed by atoms with Gasteiger partial charge in [0.15, 0.2) is 5.56 Å². The first kappa shape index (κ1) is 16.4. The molecule has 1 aliphatic heterocycles. The zero-order valence-corrected chi connectivity index (χ0v) is 13.5. The topological polar surface area (TPSA) is 96.2 Å². The SMILES string of the molecule is Cc1cccn2c(=O)c(C(=O)NCCN3CCOCC3)c(O)nc12. The number of carbonyl (C=O) groups excluding carboxylic acids is 1. The molecule has 0 unspecified atom stereocenters. The van der Waals surface area contributed by atoms with Crippen LogP contribution in [-0.4, -0.2) is 64.7 Å². The van der Waals surface area contributed by atoms with Gasteiger partial charge in [0.1, 0.15) is 5.65 Å². The van der Waals surface area contributed by atoms with Gasteiger partial charge in [-0.1, -0.05) is 6.07 Å². The summed E-state index contributed by atoms with van der Waals surface area (Å²) in [7, 11) is 0. The maximum atomic E-state index is 12.5. The third kappa shape index (κ3) is 3.24. The molecule has 8 heteroatoms. The summed E-state index contributed by atoms with van der Waals surface area (Å²) in [6.45, 7) is 5.84. The number of aryl methyl sites for hydroxylation is 1. The largest absolute Gasteiger partial charge is 0.493 e. The summed E-state index contributed by atoms with van der Waals surface area (Å²) in [5, 5.41) is 12.7. The van der Waals surface area contributed by atoms with E-state index in [4.69, 9.17) is 4.74 Å². The summed E-state index contributed by atoms with van der Waals surface area (Å²) >= 11 is 0. The van der Waals surface area contributed by atoms with Crippen molar-refractivity contribution in [3.05, 3.63) is 39.8 Å². The van der Waals surface area contributed by atoms with Crippen LogP contribution in [0.1, 0.15) is 15.9 Å². The number of aromatic hydroxyl groups is 1. The molecule has 0 bridgehead atoms. The lowest BCUT2D eigenvalue weighted by Gasteiger charge is -2.26. The second-order valence-corrected chi connectivity index (χ2v) is 5.71. The molecule has 0 saturated carbocycles. The molecule has 2 aromatic rings. The molecule has 2 aromatic heterocycles. The second kappa shape index (κ2) is 6.98. The molecule has 24 heavy (non-hydrogen) atoms. The number of nitrogens with zero attached hydrogens (tertiary/aromatic N) is 3. The van der Waals surface area contributed by atoms with E-state index < -0.39 is 17.3 Å². The van der Waals surface area contributed by atoms with E-state index in [2.05, 4.69) is 15.2 Å². The van der Waals surface area contributed by atoms with Crippen molar-refractivity contribution in [3.8, 4) is 5.88 Å². The van der Waals surface area contributed by atoms with Crippen LogP contribution >= 0.6 is 0 Å². The molecule has 0 aromatic carbocycles. The predicted octanol–water partition coefficient (Wildman–Crippen LogP) is -0.229. The average Bonchev–Trinajstić information content (AvgIpc) is 2.57. The lowest BCUT2D eigenvalue weighted by Crippen LogP contribution is -2.42. The van der Waals surface area contributed by atoms with Crippen molar-refractivity contribution in [3.63, 3.8) is 0 Å². The number of nitrogens with one attached hydrogen (secondary N) is 1. The molecular weight excluding hydrogens is 312 g/mol. The molecule has 0 spiro atoms. The standard InChI is InChI=1S/C16H20N4O4/c1-11-3-2-5-20-13(11)18-15(22)12(16(20)23)14(21)17-4-6-19-7-9-24-10-8-19/h2-3,5,22H,4,6-10H2,1H3,(H,17,21). The number of rotatable bonds is 4. The first-order valence-electron chi connectivity index (χ1n) is 7.87. The number of ether oxygens (including phenoxy) is 1. The van der Waals surface area contributed by atoms with E-state index in [9.17, 15) is 14.7 Å². The zero-order valence-electron chi connectivity index (χ0n) is 13.5. The van der Waals surface area contributed by atoms with Crippen LogP contribution in [0.2, 0.25) is 0 Å². The Balaban J connectivity index is 1.76. The first-order valence-corrected chi connectivity index (χ1v) is 7.87. The van der Waals surface area contributed by atoms with Gasteiger partial charge in [-0.3, -0.25) is 18.9 Å². The summed E-state index contributed by atoms with van der Waals surface area (Å²) in [4.78, 5) is 30.9. The van der Waals surface area contributed by atoms with Crippen LogP contribution in [0, 0.1) is 6.92 Å². The normalized spacial score (nSPS) is 15.5. The van der Waals surface area contributed by atoms with Gasteiger partial charge in [0.25, 0.3) is 11.5 Å². The minimum absolute atomic E-state index is 0.333. The molecule has 2 N–H and O–H groups in total. The van der Waals surface area contributed by atoms with Gasteiger partial charge in [-0.2, -0.15) is 4.98 Å². The van der Waals surface area contributed by atoms with Gasteiger partial charge in [-0.15, -0.1) is 0 Å². The van der Waals surface area contributed by atoms with Crippen molar-refractivity contribution in [1.29, 1.82) is 0 Å². The number of amides is 1. The number of morpholine rings is 1. The Labute approximate surface area is 138 Å². The summed E-state index contributed by atoms with van der Waals surface area (Å²) in [5.41, 5.74) is 0.166. The lowest BCUT2D eigenvalue weighted by atomic mass is 10.2. The van der Waals surface area contributed by atoms with E-state index in [1.165, 1.54) is 10.6 Å². The summed E-state index contributed by atoms with van der Waals surface area (Å²) in [6, 6.07) is 3.48. The fraction of sp³-hybridized carbons (Fsp3) is 0.438. The van der Waals surface area contributed by atoms with Crippen LogP contribution in [0.3, 0.4) is 0 Å². The van der Waals surface area contributed by atoms with Crippen molar-refractivity contribution < 1.29 is 14.6 Å². The maximum absolute atomic E-state index is 12.5. The van der Waals surface area contributed by atoms with Crippen molar-refractivity contribution >= 4 is 11.6 Å². The number of pyridine rings is 1. The second-order valence-electron chi connectivity index (χ2n) is 5.71. The van der Waals surface area contributed by atoms with Gasteiger partial charge in [-0.25, -0.2) is 0 Å². The smallest absolute Gasteiger partial charge is 0.274 e. The third-order valence-electron chi connectivity index (χ3n) is 4.07. The highest BCUT2D eigenvalue weighted by atomic mass is 16.5. The number of aromatic nitrogens is 2. The van der Waals surface area contributed by atoms with Gasteiger partial charge in [0.2, 0.25) is 5.88 Å². The molecule has 1 amide bonds. The fourth-order valence-corrected chi connectivity index (χ4v) is 2.73. The highest BCUT2D eigenvalue weighted by molar-refractivity contribution is 5.96. The number of hydrogen-bond acceptors (Lipinski definition) is 6. The molecule has 0 atom stereocenters. The van der Waals surface area contributed by atoms with E-state index in [0.717, 1.165) is 18.7 Å². The maximum Gasteiger partial charge on any atom is 0.274 e. The zero-order chi connectivity index (χ0) is 17.1. The average molecular weight is 332 g/mol. The molecule has 0 radical (unpaired) electrons. The molecule has 1 aliphatic rings. The Morgan fingerprint density at radius 1 is 1.42 bits per heavy atom. The molecule has 128 valence electrons. The quantitative estimate of drug-likeness (QED) is 0.803. The predicted molar refractivity (Wildman–Crippen MR) is 87.5 cm³/mol. The van der Waals surface area contributed by atoms with E-state index in [1.807, 2.05) is 0 Å². The van der Waals surface area contributed by atoms with Crippen LogP contribution in [0.5, 0.6) is 5.88 Å². The highest BCUT2D eigenvalue weighted by Gasteiger charge is 2.20. The van der Waals surface area contributed by atoms with Crippen LogP contribution in [0.4, 0.5) is 0 Å². The molecule has 1 fully saturated rings. The van der Waals surface area contributed by atoms with Crippen LogP contribution in [-0.2, 0) is 4.74 Å². The van der Waals surface area contributed by atoms with Crippen LogP contribution in [0.25, 0.3) is 5.65 Å². The highest BCUT2D eigenvalue weighted by Crippen LogP contribution is 2.13. The Bertz CT molecular complexity index is 812. The molecular formula is C16H20N4O4. The van der Waals surface area contributed by atoms with Crippen molar-refractivity contribution in [2.75, 3.05) is 39.4 Å². The molecule has 3 rings (SSSR count). The van der Waals surface area contributed by atoms with Crippen LogP contribution < -0.4 is 10.9 Å². The lowest BCUT2D eigenvalue weighted by molar-refractivity contribution is 0.0383. The van der Waals surface area contributed by atoms with Gasteiger partial charge < -0.3 is 15.2 Å². The fourth-order valence-electron chi connectivity index (χ4n) is 2.73. The van der Waals surface area contributed by atoms with Crippen LogP contribution in [0.15, 0.2) is 23.1 Å². The van der Waals surface area contributed by atoms with Gasteiger partial charge in [0.05, 0.1) is 13.2 Å². The number of fused-ring (bicyclic) bond motifs is 1. The van der Waals surface area contributed by atoms with E-state index in [-0.39, 0.29) is 5.56 Å². The molecule has 8 nitrogen and oxygen atoms in total. The van der Waals surface area contributed by atoms with Crippen molar-refractivity contribution in [2.24, 2.45) is 0 Å². The minimum Gasteiger partial charge on any atom is -0.493 e. The summed E-state index contributed by atoms with van der Waals surface area (Å²) in [6.07, 6.45) is 1.53. The summed E-state index contributed by atoms with van der Waals surface area (Å²) in [5.74, 6) is -1.16. The van der Waals surface area contributed by atoms with E-state index in [1.54, 1.807) is 19.1 Å². The number of carbonyl (C=O) groups is 1. The first-order chi connectivity index (χ1) is 11.6. The van der Waals surface area contributed by atoms with Gasteiger partial charge >= 0.3 is 0 Å². The Kier molecular flexibility index (Phi) is 4.77. The van der Waals surface area contributed by atoms with E-state index >= 15 is 0 Å². The monoisotopic (exact) mass is 332 g/mol. The Morgan fingerprint density at radius 2 is 2.17 bits per heavy atom. The Morgan fingerprint density at radius 3 is 2.92 bits per heavy atom. The molecule has 1 saturated heterocycles.